The quantitative estimate of drug-likeness (QED) is 0.377. The molecule has 3 N–H and O–H groups in total. The van der Waals surface area contributed by atoms with Gasteiger partial charge in [-0.3, -0.25) is 0 Å². The predicted molar refractivity (Wildman–Crippen MR) is 32.6 cm³/mol. The van der Waals surface area contributed by atoms with E-state index in [1.165, 1.54) is 0 Å². The standard InChI is InChI=1S/C6H10O5/c7-2-1-10-6-4(9)3(8)5(2)11-6/h2-9H,1H2/t2-,3+,4-,5+,6?/m1/s1. The molecule has 2 aliphatic rings. The van der Waals surface area contributed by atoms with Crippen molar-refractivity contribution in [1.82, 2.24) is 0 Å². The number of aliphatic hydroxyl groups is 3. The zero-order valence-electron chi connectivity index (χ0n) is 5.75. The third-order valence-corrected chi connectivity index (χ3v) is 2.07. The van der Waals surface area contributed by atoms with E-state index in [-0.39, 0.29) is 6.61 Å². The van der Waals surface area contributed by atoms with Crippen molar-refractivity contribution >= 4 is 0 Å². The molecule has 2 bridgehead atoms. The monoisotopic (exact) mass is 162 g/mol. The molecule has 0 spiro atoms. The predicted octanol–water partition coefficient (Wildman–Crippen LogP) is -2.18. The fraction of sp³-hybridized carbons (Fsp3) is 1.00. The highest BCUT2D eigenvalue weighted by Gasteiger charge is 2.50. The molecule has 2 fully saturated rings. The van der Waals surface area contributed by atoms with Crippen molar-refractivity contribution in [2.24, 2.45) is 0 Å². The van der Waals surface area contributed by atoms with Crippen molar-refractivity contribution in [3.63, 3.8) is 0 Å². The van der Waals surface area contributed by atoms with E-state index in [1.54, 1.807) is 0 Å². The number of rotatable bonds is 0. The molecule has 5 nitrogen and oxygen atoms in total. The number of aliphatic hydroxyl groups excluding tert-OH is 3. The lowest BCUT2D eigenvalue weighted by Gasteiger charge is -2.25. The van der Waals surface area contributed by atoms with Crippen LogP contribution in [-0.2, 0) is 9.47 Å². The topological polar surface area (TPSA) is 79.2 Å². The average Bonchev–Trinajstić information content (AvgIpc) is 2.24. The first-order valence-electron chi connectivity index (χ1n) is 3.51. The van der Waals surface area contributed by atoms with Crippen LogP contribution in [0.3, 0.4) is 0 Å². The summed E-state index contributed by atoms with van der Waals surface area (Å²) >= 11 is 0. The molecule has 2 saturated heterocycles. The van der Waals surface area contributed by atoms with Gasteiger partial charge in [-0.15, -0.1) is 0 Å². The number of hydrogen-bond donors (Lipinski definition) is 3. The molecule has 2 heterocycles. The van der Waals surface area contributed by atoms with E-state index in [4.69, 9.17) is 14.6 Å². The molecule has 0 aromatic carbocycles. The Labute approximate surface area is 63.2 Å². The van der Waals surface area contributed by atoms with E-state index in [0.717, 1.165) is 0 Å². The summed E-state index contributed by atoms with van der Waals surface area (Å²) in [7, 11) is 0. The lowest BCUT2D eigenvalue weighted by atomic mass is 10.1. The minimum Gasteiger partial charge on any atom is -0.388 e. The molecule has 64 valence electrons. The summed E-state index contributed by atoms with van der Waals surface area (Å²) in [6.45, 7) is 0.115. The Kier molecular flexibility index (Phi) is 1.62. The van der Waals surface area contributed by atoms with Crippen LogP contribution in [0.5, 0.6) is 0 Å². The normalized spacial score (nSPS) is 56.5. The Bertz CT molecular complexity index is 161. The summed E-state index contributed by atoms with van der Waals surface area (Å²) in [5.74, 6) is 0. The van der Waals surface area contributed by atoms with Crippen LogP contribution < -0.4 is 0 Å². The maximum atomic E-state index is 9.22. The highest BCUT2D eigenvalue weighted by Crippen LogP contribution is 2.28. The Morgan fingerprint density at radius 3 is 2.45 bits per heavy atom. The highest BCUT2D eigenvalue weighted by atomic mass is 16.7. The molecule has 0 saturated carbocycles. The first-order valence-corrected chi connectivity index (χ1v) is 3.51. The van der Waals surface area contributed by atoms with Gasteiger partial charge in [0.05, 0.1) is 6.61 Å². The van der Waals surface area contributed by atoms with Gasteiger partial charge in [-0.2, -0.15) is 0 Å². The van der Waals surface area contributed by atoms with Crippen LogP contribution in [0.25, 0.3) is 0 Å². The Balaban J connectivity index is 2.16. The maximum absolute atomic E-state index is 9.22. The molecule has 0 aromatic rings. The van der Waals surface area contributed by atoms with Gasteiger partial charge in [-0.05, 0) is 0 Å². The minimum absolute atomic E-state index is 0.115. The molecule has 2 rings (SSSR count). The molecule has 0 aliphatic carbocycles. The molecular formula is C6H10O5. The molecule has 0 aromatic heterocycles. The van der Waals surface area contributed by atoms with Crippen LogP contribution in [0.15, 0.2) is 0 Å². The van der Waals surface area contributed by atoms with Gasteiger partial charge in [0.2, 0.25) is 0 Å². The van der Waals surface area contributed by atoms with E-state index in [2.05, 4.69) is 0 Å². The summed E-state index contributed by atoms with van der Waals surface area (Å²) in [5.41, 5.74) is 0. The van der Waals surface area contributed by atoms with Gasteiger partial charge in [0.25, 0.3) is 0 Å². The van der Waals surface area contributed by atoms with Gasteiger partial charge >= 0.3 is 0 Å². The van der Waals surface area contributed by atoms with Crippen molar-refractivity contribution < 1.29 is 24.8 Å². The van der Waals surface area contributed by atoms with Crippen LogP contribution in [-0.4, -0.2) is 52.6 Å². The van der Waals surface area contributed by atoms with Gasteiger partial charge in [0, 0.05) is 0 Å². The molecule has 2 aliphatic heterocycles. The molecule has 11 heavy (non-hydrogen) atoms. The minimum atomic E-state index is -1.03. The van der Waals surface area contributed by atoms with Crippen molar-refractivity contribution in [2.75, 3.05) is 6.61 Å². The van der Waals surface area contributed by atoms with Crippen molar-refractivity contribution in [3.05, 3.63) is 0 Å². The molecular weight excluding hydrogens is 152 g/mol. The summed E-state index contributed by atoms with van der Waals surface area (Å²) < 4.78 is 9.84. The van der Waals surface area contributed by atoms with Crippen molar-refractivity contribution in [3.8, 4) is 0 Å². The maximum Gasteiger partial charge on any atom is 0.186 e. The summed E-state index contributed by atoms with van der Waals surface area (Å²) in [6, 6.07) is 0. The lowest BCUT2D eigenvalue weighted by Crippen LogP contribution is -2.41. The fourth-order valence-electron chi connectivity index (χ4n) is 1.42. The summed E-state index contributed by atoms with van der Waals surface area (Å²) in [6.07, 6.45) is -4.35. The second kappa shape index (κ2) is 2.40. The first kappa shape index (κ1) is 7.45. The Morgan fingerprint density at radius 1 is 1.09 bits per heavy atom. The number of hydrogen-bond acceptors (Lipinski definition) is 5. The smallest absolute Gasteiger partial charge is 0.186 e. The van der Waals surface area contributed by atoms with E-state index in [1.807, 2.05) is 0 Å². The van der Waals surface area contributed by atoms with Gasteiger partial charge < -0.3 is 24.8 Å². The van der Waals surface area contributed by atoms with Gasteiger partial charge in [0.15, 0.2) is 6.29 Å². The molecule has 0 radical (unpaired) electrons. The fourth-order valence-corrected chi connectivity index (χ4v) is 1.42. The van der Waals surface area contributed by atoms with Gasteiger partial charge in [0.1, 0.15) is 24.4 Å². The highest BCUT2D eigenvalue weighted by molar-refractivity contribution is 4.93. The number of fused-ring (bicyclic) bond motifs is 2. The Hall–Kier alpha value is -0.200. The van der Waals surface area contributed by atoms with Crippen LogP contribution in [0.1, 0.15) is 0 Å². The molecule has 5 atom stereocenters. The Morgan fingerprint density at radius 2 is 1.82 bits per heavy atom. The molecule has 1 unspecified atom stereocenters. The third-order valence-electron chi connectivity index (χ3n) is 2.07. The van der Waals surface area contributed by atoms with Crippen molar-refractivity contribution in [1.29, 1.82) is 0 Å². The summed E-state index contributed by atoms with van der Waals surface area (Å²) in [5, 5.41) is 27.6. The molecule has 5 heteroatoms. The van der Waals surface area contributed by atoms with Crippen LogP contribution >= 0.6 is 0 Å². The second-order valence-corrected chi connectivity index (χ2v) is 2.85. The largest absolute Gasteiger partial charge is 0.388 e. The number of ether oxygens (including phenoxy) is 2. The SMILES string of the molecule is O[C@@H]1[C@H]2OC(OC[C@H]2O)[C@@H]1O. The van der Waals surface area contributed by atoms with E-state index in [0.29, 0.717) is 0 Å². The lowest BCUT2D eigenvalue weighted by molar-refractivity contribution is -0.233. The molecule has 0 amide bonds. The van der Waals surface area contributed by atoms with E-state index < -0.39 is 30.7 Å². The van der Waals surface area contributed by atoms with Gasteiger partial charge in [-0.25, -0.2) is 0 Å². The van der Waals surface area contributed by atoms with Crippen LogP contribution in [0, 0.1) is 0 Å². The first-order chi connectivity index (χ1) is 5.20. The van der Waals surface area contributed by atoms with Crippen LogP contribution in [0.4, 0.5) is 0 Å². The van der Waals surface area contributed by atoms with Crippen molar-refractivity contribution in [2.45, 2.75) is 30.7 Å². The van der Waals surface area contributed by atoms with E-state index in [9.17, 15) is 10.2 Å². The van der Waals surface area contributed by atoms with E-state index >= 15 is 0 Å². The third kappa shape index (κ3) is 0.969. The zero-order valence-corrected chi connectivity index (χ0v) is 5.75. The zero-order chi connectivity index (χ0) is 8.01. The van der Waals surface area contributed by atoms with Crippen LogP contribution in [0.2, 0.25) is 0 Å². The summed E-state index contributed by atoms with van der Waals surface area (Å²) in [4.78, 5) is 0. The second-order valence-electron chi connectivity index (χ2n) is 2.85. The average molecular weight is 162 g/mol. The van der Waals surface area contributed by atoms with Gasteiger partial charge in [-0.1, -0.05) is 0 Å².